The average molecular weight is 262 g/mol. The number of hydrogen-bond donors (Lipinski definition) is 1. The van der Waals surface area contributed by atoms with Gasteiger partial charge >= 0.3 is 0 Å². The van der Waals surface area contributed by atoms with Crippen molar-refractivity contribution in [3.63, 3.8) is 0 Å². The lowest BCUT2D eigenvalue weighted by Gasteiger charge is -2.27. The van der Waals surface area contributed by atoms with Crippen molar-refractivity contribution in [1.29, 1.82) is 0 Å². The Labute approximate surface area is 113 Å². The van der Waals surface area contributed by atoms with Crippen molar-refractivity contribution in [1.82, 2.24) is 10.2 Å². The zero-order valence-electron chi connectivity index (χ0n) is 11.3. The minimum atomic E-state index is -0.259. The maximum atomic E-state index is 12.9. The lowest BCUT2D eigenvalue weighted by molar-refractivity contribution is -0.122. The number of rotatable bonds is 6. The molecule has 0 saturated heterocycles. The van der Waals surface area contributed by atoms with Crippen molar-refractivity contribution in [2.24, 2.45) is 0 Å². The maximum absolute atomic E-state index is 12.9. The molecule has 102 valence electrons. The molecule has 4 heteroatoms. The minimum Gasteiger partial charge on any atom is -0.344 e. The second kappa shape index (κ2) is 7.55. The molecular formula is C15H19FN2O. The molecular weight excluding hydrogens is 243 g/mol. The first kappa shape index (κ1) is 15.2. The molecule has 3 nitrogen and oxygen atoms in total. The van der Waals surface area contributed by atoms with Gasteiger partial charge in [0.1, 0.15) is 5.82 Å². The van der Waals surface area contributed by atoms with Gasteiger partial charge < -0.3 is 5.32 Å². The zero-order valence-corrected chi connectivity index (χ0v) is 11.3. The number of amides is 1. The molecule has 0 aliphatic heterocycles. The number of benzene rings is 1. The molecule has 0 fully saturated rings. The van der Waals surface area contributed by atoms with Crippen LogP contribution in [0.5, 0.6) is 0 Å². The Morgan fingerprint density at radius 3 is 2.63 bits per heavy atom. The van der Waals surface area contributed by atoms with Gasteiger partial charge in [0.2, 0.25) is 5.91 Å². The third-order valence-electron chi connectivity index (χ3n) is 3.04. The van der Waals surface area contributed by atoms with Crippen LogP contribution in [0.4, 0.5) is 4.39 Å². The summed E-state index contributed by atoms with van der Waals surface area (Å²) in [7, 11) is 0. The molecule has 0 aliphatic carbocycles. The normalized spacial score (nSPS) is 11.9. The van der Waals surface area contributed by atoms with Crippen molar-refractivity contribution in [3.05, 3.63) is 35.6 Å². The van der Waals surface area contributed by atoms with Gasteiger partial charge in [0.05, 0.1) is 13.1 Å². The number of carbonyl (C=O) groups is 1. The fraction of sp³-hybridized carbons (Fsp3) is 0.400. The number of terminal acetylenes is 1. The van der Waals surface area contributed by atoms with Gasteiger partial charge in [0.25, 0.3) is 0 Å². The van der Waals surface area contributed by atoms with Crippen LogP contribution in [0, 0.1) is 18.2 Å². The van der Waals surface area contributed by atoms with Crippen molar-refractivity contribution in [2.45, 2.75) is 19.9 Å². The van der Waals surface area contributed by atoms with Crippen molar-refractivity contribution >= 4 is 5.91 Å². The van der Waals surface area contributed by atoms with Crippen LogP contribution in [0.15, 0.2) is 24.3 Å². The van der Waals surface area contributed by atoms with Gasteiger partial charge in [-0.1, -0.05) is 25.0 Å². The van der Waals surface area contributed by atoms with Crippen LogP contribution in [0.2, 0.25) is 0 Å². The third kappa shape index (κ3) is 4.72. The Kier molecular flexibility index (Phi) is 6.04. The van der Waals surface area contributed by atoms with Crippen LogP contribution in [0.25, 0.3) is 0 Å². The van der Waals surface area contributed by atoms with E-state index in [1.807, 2.05) is 18.7 Å². The molecule has 0 aliphatic rings. The largest absolute Gasteiger partial charge is 0.344 e. The molecule has 19 heavy (non-hydrogen) atoms. The summed E-state index contributed by atoms with van der Waals surface area (Å²) >= 11 is 0. The number of hydrogen-bond acceptors (Lipinski definition) is 2. The van der Waals surface area contributed by atoms with Gasteiger partial charge in [0, 0.05) is 6.04 Å². The summed E-state index contributed by atoms with van der Waals surface area (Å²) in [5.74, 6) is 2.00. The van der Waals surface area contributed by atoms with Gasteiger partial charge in [0.15, 0.2) is 0 Å². The molecule has 1 amide bonds. The smallest absolute Gasteiger partial charge is 0.234 e. The lowest BCUT2D eigenvalue weighted by atomic mass is 10.1. The van der Waals surface area contributed by atoms with E-state index in [0.717, 1.165) is 12.1 Å². The van der Waals surface area contributed by atoms with Crippen LogP contribution in [0.3, 0.4) is 0 Å². The van der Waals surface area contributed by atoms with E-state index in [2.05, 4.69) is 11.2 Å². The van der Waals surface area contributed by atoms with Crippen LogP contribution in [-0.4, -0.2) is 30.4 Å². The predicted molar refractivity (Wildman–Crippen MR) is 73.9 cm³/mol. The zero-order chi connectivity index (χ0) is 14.3. The average Bonchev–Trinajstić information content (AvgIpc) is 2.42. The van der Waals surface area contributed by atoms with E-state index in [-0.39, 0.29) is 30.9 Å². The molecule has 1 rings (SSSR count). The van der Waals surface area contributed by atoms with Gasteiger partial charge in [-0.2, -0.15) is 0 Å². The van der Waals surface area contributed by atoms with E-state index in [9.17, 15) is 9.18 Å². The second-order valence-electron chi connectivity index (χ2n) is 4.27. The van der Waals surface area contributed by atoms with E-state index in [4.69, 9.17) is 6.42 Å². The van der Waals surface area contributed by atoms with E-state index < -0.39 is 0 Å². The summed E-state index contributed by atoms with van der Waals surface area (Å²) < 4.78 is 12.9. The van der Waals surface area contributed by atoms with Gasteiger partial charge in [-0.05, 0) is 31.2 Å². The van der Waals surface area contributed by atoms with Gasteiger partial charge in [-0.3, -0.25) is 9.69 Å². The first-order valence-electron chi connectivity index (χ1n) is 6.28. The topological polar surface area (TPSA) is 32.3 Å². The second-order valence-corrected chi connectivity index (χ2v) is 4.27. The predicted octanol–water partition coefficient (Wildman–Crippen LogP) is 1.96. The minimum absolute atomic E-state index is 0.0437. The monoisotopic (exact) mass is 262 g/mol. The number of nitrogens with zero attached hydrogens (tertiary/aromatic N) is 1. The molecule has 0 bridgehead atoms. The van der Waals surface area contributed by atoms with Crippen LogP contribution < -0.4 is 5.32 Å². The van der Waals surface area contributed by atoms with Crippen LogP contribution >= 0.6 is 0 Å². The number of halogens is 1. The molecule has 0 saturated carbocycles. The van der Waals surface area contributed by atoms with E-state index in [1.54, 1.807) is 12.1 Å². The highest BCUT2D eigenvalue weighted by molar-refractivity contribution is 5.78. The number of likely N-dealkylation sites (N-methyl/N-ethyl adjacent to an activating group) is 1. The standard InChI is InChI=1S/C15H19FN2O/c1-4-10-17-15(19)11-18(5-2)12(3)13-6-8-14(16)9-7-13/h1,6-9,12H,5,10-11H2,2-3H3,(H,17,19). The molecule has 0 heterocycles. The van der Waals surface area contributed by atoms with Crippen molar-refractivity contribution in [3.8, 4) is 12.3 Å². The Morgan fingerprint density at radius 2 is 2.11 bits per heavy atom. The first-order chi connectivity index (χ1) is 9.08. The summed E-state index contributed by atoms with van der Waals surface area (Å²) in [6.07, 6.45) is 5.09. The van der Waals surface area contributed by atoms with Crippen LogP contribution in [-0.2, 0) is 4.79 Å². The summed E-state index contributed by atoms with van der Waals surface area (Å²) in [6, 6.07) is 6.38. The van der Waals surface area contributed by atoms with E-state index in [0.29, 0.717) is 0 Å². The molecule has 0 spiro atoms. The highest BCUT2D eigenvalue weighted by Gasteiger charge is 2.16. The fourth-order valence-corrected chi connectivity index (χ4v) is 1.86. The maximum Gasteiger partial charge on any atom is 0.234 e. The quantitative estimate of drug-likeness (QED) is 0.795. The first-order valence-corrected chi connectivity index (χ1v) is 6.28. The molecule has 1 atom stereocenters. The Balaban J connectivity index is 2.66. The molecule has 0 aromatic heterocycles. The highest BCUT2D eigenvalue weighted by atomic mass is 19.1. The highest BCUT2D eigenvalue weighted by Crippen LogP contribution is 2.19. The number of nitrogens with one attached hydrogen (secondary N) is 1. The summed E-state index contributed by atoms with van der Waals surface area (Å²) in [5.41, 5.74) is 0.980. The van der Waals surface area contributed by atoms with Gasteiger partial charge in [-0.15, -0.1) is 6.42 Å². The molecule has 1 aromatic carbocycles. The molecule has 1 N–H and O–H groups in total. The van der Waals surface area contributed by atoms with Crippen LogP contribution in [0.1, 0.15) is 25.5 Å². The summed E-state index contributed by atoms with van der Waals surface area (Å²) in [6.45, 7) is 5.21. The molecule has 0 radical (unpaired) electrons. The fourth-order valence-electron chi connectivity index (χ4n) is 1.86. The molecule has 1 unspecified atom stereocenters. The SMILES string of the molecule is C#CCNC(=O)CN(CC)C(C)c1ccc(F)cc1. The van der Waals surface area contributed by atoms with Gasteiger partial charge in [-0.25, -0.2) is 4.39 Å². The van der Waals surface area contributed by atoms with Crippen molar-refractivity contribution in [2.75, 3.05) is 19.6 Å². The summed E-state index contributed by atoms with van der Waals surface area (Å²) in [5, 5.41) is 2.64. The Hall–Kier alpha value is -1.86. The van der Waals surface area contributed by atoms with E-state index in [1.165, 1.54) is 12.1 Å². The molecule has 1 aromatic rings. The number of carbonyl (C=O) groups excluding carboxylic acids is 1. The van der Waals surface area contributed by atoms with Crippen molar-refractivity contribution < 1.29 is 9.18 Å². The Bertz CT molecular complexity index is 450. The lowest BCUT2D eigenvalue weighted by Crippen LogP contribution is -2.38. The third-order valence-corrected chi connectivity index (χ3v) is 3.04. The Morgan fingerprint density at radius 1 is 1.47 bits per heavy atom. The van der Waals surface area contributed by atoms with E-state index >= 15 is 0 Å². The summed E-state index contributed by atoms with van der Waals surface area (Å²) in [4.78, 5) is 13.7.